The fraction of sp³-hybridized carbons (Fsp3) is 0.375. The standard InChI is InChI=1S/C16H20N2S/c1-6-14-17-15(12(5)16(19)18-14)13-8-10(3)9(2)7-11(13)4/h7-8H,6H2,1-5H3,(H,17,18,19). The maximum atomic E-state index is 5.37. The minimum absolute atomic E-state index is 0.697. The normalized spacial score (nSPS) is 10.8. The molecule has 3 heteroatoms. The average molecular weight is 272 g/mol. The van der Waals surface area contributed by atoms with Crippen LogP contribution in [0.25, 0.3) is 11.3 Å². The molecule has 0 spiro atoms. The summed E-state index contributed by atoms with van der Waals surface area (Å²) in [4.78, 5) is 7.84. The molecule has 0 saturated carbocycles. The zero-order chi connectivity index (χ0) is 14.2. The Morgan fingerprint density at radius 1 is 1.05 bits per heavy atom. The van der Waals surface area contributed by atoms with Gasteiger partial charge in [-0.15, -0.1) is 0 Å². The van der Waals surface area contributed by atoms with Crippen LogP contribution >= 0.6 is 12.2 Å². The van der Waals surface area contributed by atoms with Crippen molar-refractivity contribution < 1.29 is 0 Å². The van der Waals surface area contributed by atoms with Gasteiger partial charge in [-0.3, -0.25) is 0 Å². The van der Waals surface area contributed by atoms with Crippen LogP contribution in [0.5, 0.6) is 0 Å². The predicted molar refractivity (Wildman–Crippen MR) is 83.2 cm³/mol. The minimum atomic E-state index is 0.697. The summed E-state index contributed by atoms with van der Waals surface area (Å²) in [6, 6.07) is 4.46. The highest BCUT2D eigenvalue weighted by molar-refractivity contribution is 7.71. The molecule has 0 atom stereocenters. The lowest BCUT2D eigenvalue weighted by Crippen LogP contribution is -2.01. The van der Waals surface area contributed by atoms with Gasteiger partial charge in [0.2, 0.25) is 0 Å². The number of benzene rings is 1. The molecule has 19 heavy (non-hydrogen) atoms. The first-order chi connectivity index (χ1) is 8.93. The summed E-state index contributed by atoms with van der Waals surface area (Å²) in [5.41, 5.74) is 7.28. The number of H-pyrrole nitrogens is 1. The van der Waals surface area contributed by atoms with Gasteiger partial charge in [-0.05, 0) is 50.5 Å². The van der Waals surface area contributed by atoms with Crippen molar-refractivity contribution in [3.63, 3.8) is 0 Å². The van der Waals surface area contributed by atoms with Crippen LogP contribution in [0, 0.1) is 32.3 Å². The first-order valence-electron chi connectivity index (χ1n) is 6.62. The number of nitrogens with one attached hydrogen (secondary N) is 1. The van der Waals surface area contributed by atoms with Crippen molar-refractivity contribution in [1.82, 2.24) is 9.97 Å². The molecule has 2 aromatic rings. The molecule has 0 saturated heterocycles. The first-order valence-corrected chi connectivity index (χ1v) is 7.02. The fourth-order valence-corrected chi connectivity index (χ4v) is 2.46. The molecule has 2 nitrogen and oxygen atoms in total. The van der Waals surface area contributed by atoms with E-state index in [2.05, 4.69) is 49.8 Å². The molecule has 0 radical (unpaired) electrons. The number of nitrogens with zero attached hydrogens (tertiary/aromatic N) is 1. The van der Waals surface area contributed by atoms with E-state index in [4.69, 9.17) is 12.2 Å². The highest BCUT2D eigenvalue weighted by atomic mass is 32.1. The lowest BCUT2D eigenvalue weighted by Gasteiger charge is -2.13. The van der Waals surface area contributed by atoms with Crippen LogP contribution in [0.4, 0.5) is 0 Å². The first kappa shape index (κ1) is 13.9. The third-order valence-electron chi connectivity index (χ3n) is 3.65. The molecule has 1 aromatic carbocycles. The van der Waals surface area contributed by atoms with Crippen molar-refractivity contribution in [2.24, 2.45) is 0 Å². The molecule has 1 aromatic heterocycles. The van der Waals surface area contributed by atoms with Gasteiger partial charge >= 0.3 is 0 Å². The van der Waals surface area contributed by atoms with Gasteiger partial charge in [0.1, 0.15) is 10.5 Å². The van der Waals surface area contributed by atoms with Gasteiger partial charge in [0.25, 0.3) is 0 Å². The van der Waals surface area contributed by atoms with Crippen LogP contribution in [0.1, 0.15) is 35.0 Å². The Bertz CT molecular complexity index is 684. The van der Waals surface area contributed by atoms with E-state index in [0.29, 0.717) is 4.64 Å². The summed E-state index contributed by atoms with van der Waals surface area (Å²) in [6.07, 6.45) is 0.862. The summed E-state index contributed by atoms with van der Waals surface area (Å²) in [6.45, 7) is 10.6. The Labute approximate surface area is 119 Å². The molecule has 1 heterocycles. The second-order valence-electron chi connectivity index (χ2n) is 5.09. The lowest BCUT2D eigenvalue weighted by molar-refractivity contribution is 0.925. The van der Waals surface area contributed by atoms with E-state index < -0.39 is 0 Å². The maximum Gasteiger partial charge on any atom is 0.133 e. The monoisotopic (exact) mass is 272 g/mol. The summed E-state index contributed by atoms with van der Waals surface area (Å²) >= 11 is 5.37. The smallest absolute Gasteiger partial charge is 0.133 e. The van der Waals surface area contributed by atoms with Gasteiger partial charge in [-0.1, -0.05) is 25.2 Å². The van der Waals surface area contributed by atoms with Crippen LogP contribution in [0.15, 0.2) is 12.1 Å². The van der Waals surface area contributed by atoms with Gasteiger partial charge in [0.15, 0.2) is 0 Å². The second-order valence-corrected chi connectivity index (χ2v) is 5.48. The molecule has 100 valence electrons. The van der Waals surface area contributed by atoms with E-state index in [1.807, 2.05) is 6.92 Å². The Hall–Kier alpha value is -1.48. The molecular formula is C16H20N2S. The summed E-state index contributed by atoms with van der Waals surface area (Å²) < 4.78 is 0.697. The molecule has 0 unspecified atom stereocenters. The zero-order valence-electron chi connectivity index (χ0n) is 12.2. The topological polar surface area (TPSA) is 28.7 Å². The third kappa shape index (κ3) is 2.61. The van der Waals surface area contributed by atoms with E-state index in [0.717, 1.165) is 23.5 Å². The number of rotatable bonds is 2. The molecule has 0 aliphatic heterocycles. The summed E-state index contributed by atoms with van der Waals surface area (Å²) in [5.74, 6) is 0.947. The van der Waals surface area contributed by atoms with E-state index in [1.54, 1.807) is 0 Å². The highest BCUT2D eigenvalue weighted by Gasteiger charge is 2.10. The highest BCUT2D eigenvalue weighted by Crippen LogP contribution is 2.27. The van der Waals surface area contributed by atoms with Crippen LogP contribution in [-0.2, 0) is 6.42 Å². The third-order valence-corrected chi connectivity index (χ3v) is 4.04. The second kappa shape index (κ2) is 5.25. The summed E-state index contributed by atoms with van der Waals surface area (Å²) in [7, 11) is 0. The average Bonchev–Trinajstić information content (AvgIpc) is 2.37. The van der Waals surface area contributed by atoms with Crippen molar-refractivity contribution in [1.29, 1.82) is 0 Å². The Kier molecular flexibility index (Phi) is 3.85. The van der Waals surface area contributed by atoms with Gasteiger partial charge in [0, 0.05) is 17.5 Å². The Balaban J connectivity index is 2.75. The van der Waals surface area contributed by atoms with E-state index in [1.165, 1.54) is 22.3 Å². The quantitative estimate of drug-likeness (QED) is 0.809. The zero-order valence-corrected chi connectivity index (χ0v) is 13.0. The number of aryl methyl sites for hydroxylation is 4. The van der Waals surface area contributed by atoms with Crippen LogP contribution < -0.4 is 0 Å². The number of hydrogen-bond acceptors (Lipinski definition) is 2. The van der Waals surface area contributed by atoms with Crippen molar-refractivity contribution in [2.75, 3.05) is 0 Å². The maximum absolute atomic E-state index is 5.37. The molecule has 0 bridgehead atoms. The molecule has 0 fully saturated rings. The fourth-order valence-electron chi connectivity index (χ4n) is 2.25. The largest absolute Gasteiger partial charge is 0.343 e. The molecule has 1 N–H and O–H groups in total. The SMILES string of the molecule is CCc1nc(=S)c(C)c(-c2cc(C)c(C)cc2C)[nH]1. The number of aromatic nitrogens is 2. The van der Waals surface area contributed by atoms with Gasteiger partial charge < -0.3 is 4.98 Å². The molecule has 0 amide bonds. The molecule has 0 aliphatic rings. The van der Waals surface area contributed by atoms with Crippen molar-refractivity contribution >= 4 is 12.2 Å². The van der Waals surface area contributed by atoms with Gasteiger partial charge in [-0.2, -0.15) is 0 Å². The van der Waals surface area contributed by atoms with Crippen LogP contribution in [-0.4, -0.2) is 9.97 Å². The molecular weight excluding hydrogens is 252 g/mol. The van der Waals surface area contributed by atoms with Gasteiger partial charge in [0.05, 0.1) is 5.69 Å². The van der Waals surface area contributed by atoms with Crippen LogP contribution in [0.3, 0.4) is 0 Å². The number of aromatic amines is 1. The molecule has 2 rings (SSSR count). The van der Waals surface area contributed by atoms with Crippen molar-refractivity contribution in [3.05, 3.63) is 44.9 Å². The minimum Gasteiger partial charge on any atom is -0.343 e. The van der Waals surface area contributed by atoms with E-state index in [9.17, 15) is 0 Å². The Morgan fingerprint density at radius 3 is 2.32 bits per heavy atom. The summed E-state index contributed by atoms with van der Waals surface area (Å²) in [5, 5.41) is 0. The van der Waals surface area contributed by atoms with Crippen molar-refractivity contribution in [3.8, 4) is 11.3 Å². The van der Waals surface area contributed by atoms with Crippen molar-refractivity contribution in [2.45, 2.75) is 41.0 Å². The van der Waals surface area contributed by atoms with Gasteiger partial charge in [-0.25, -0.2) is 4.98 Å². The predicted octanol–water partition coefficient (Wildman–Crippen LogP) is 4.60. The molecule has 0 aliphatic carbocycles. The van der Waals surface area contributed by atoms with E-state index in [-0.39, 0.29) is 0 Å². The van der Waals surface area contributed by atoms with Crippen LogP contribution in [0.2, 0.25) is 0 Å². The Morgan fingerprint density at radius 2 is 1.68 bits per heavy atom. The lowest BCUT2D eigenvalue weighted by atomic mass is 9.97. The van der Waals surface area contributed by atoms with E-state index >= 15 is 0 Å². The number of hydrogen-bond donors (Lipinski definition) is 1.